The van der Waals surface area contributed by atoms with Gasteiger partial charge in [-0.1, -0.05) is 18.2 Å². The average Bonchev–Trinajstić information content (AvgIpc) is 3.15. The smallest absolute Gasteiger partial charge is 0.222 e. The maximum Gasteiger partial charge on any atom is 0.222 e. The molecule has 3 aromatic rings. The van der Waals surface area contributed by atoms with Crippen molar-refractivity contribution in [2.24, 2.45) is 0 Å². The number of aromatic nitrogens is 1. The fourth-order valence-corrected chi connectivity index (χ4v) is 4.11. The van der Waals surface area contributed by atoms with Crippen LogP contribution >= 0.6 is 22.7 Å². The minimum atomic E-state index is 0.191. The predicted molar refractivity (Wildman–Crippen MR) is 93.4 cm³/mol. The predicted octanol–water partition coefficient (Wildman–Crippen LogP) is 4.34. The van der Waals surface area contributed by atoms with Crippen LogP contribution in [0.5, 0.6) is 0 Å². The Morgan fingerprint density at radius 2 is 2.09 bits per heavy atom. The van der Waals surface area contributed by atoms with E-state index in [1.807, 2.05) is 25.2 Å². The maximum atomic E-state index is 12.2. The highest BCUT2D eigenvalue weighted by Crippen LogP contribution is 2.22. The Hall–Kier alpha value is -1.72. The Balaban J connectivity index is 1.52. The third-order valence-corrected chi connectivity index (χ3v) is 5.49. The zero-order valence-corrected chi connectivity index (χ0v) is 14.1. The van der Waals surface area contributed by atoms with Gasteiger partial charge in [0, 0.05) is 18.3 Å². The van der Waals surface area contributed by atoms with Gasteiger partial charge < -0.3 is 4.90 Å². The summed E-state index contributed by atoms with van der Waals surface area (Å²) in [5.41, 5.74) is 1.01. The van der Waals surface area contributed by atoms with E-state index in [-0.39, 0.29) is 5.91 Å². The number of fused-ring (bicyclic) bond motifs is 1. The van der Waals surface area contributed by atoms with Gasteiger partial charge >= 0.3 is 0 Å². The maximum absolute atomic E-state index is 12.2. The van der Waals surface area contributed by atoms with E-state index in [4.69, 9.17) is 0 Å². The first-order chi connectivity index (χ1) is 10.7. The summed E-state index contributed by atoms with van der Waals surface area (Å²) >= 11 is 3.42. The normalized spacial score (nSPS) is 11.0. The fraction of sp³-hybridized carbons (Fsp3) is 0.294. The van der Waals surface area contributed by atoms with Crippen LogP contribution in [0.15, 0.2) is 41.8 Å². The molecule has 3 nitrogen and oxygen atoms in total. The number of para-hydroxylation sites is 1. The van der Waals surface area contributed by atoms with Crippen LogP contribution in [0, 0.1) is 0 Å². The van der Waals surface area contributed by atoms with Gasteiger partial charge in [0.25, 0.3) is 0 Å². The van der Waals surface area contributed by atoms with Crippen LogP contribution in [0.1, 0.15) is 22.7 Å². The van der Waals surface area contributed by atoms with Crippen molar-refractivity contribution in [3.63, 3.8) is 0 Å². The van der Waals surface area contributed by atoms with E-state index >= 15 is 0 Å². The number of rotatable bonds is 6. The summed E-state index contributed by atoms with van der Waals surface area (Å²) in [5.74, 6) is 0.191. The molecule has 5 heteroatoms. The molecular weight excluding hydrogens is 312 g/mol. The lowest BCUT2D eigenvalue weighted by atomic mass is 10.2. The monoisotopic (exact) mass is 330 g/mol. The first kappa shape index (κ1) is 15.2. The number of aryl methyl sites for hydroxylation is 1. The van der Waals surface area contributed by atoms with E-state index in [0.29, 0.717) is 13.0 Å². The zero-order valence-electron chi connectivity index (χ0n) is 12.5. The van der Waals surface area contributed by atoms with Gasteiger partial charge in [0.1, 0.15) is 5.01 Å². The van der Waals surface area contributed by atoms with Crippen LogP contribution in [0.3, 0.4) is 0 Å². The van der Waals surface area contributed by atoms with Gasteiger partial charge in [0.2, 0.25) is 5.91 Å². The third-order valence-electron chi connectivity index (χ3n) is 3.53. The van der Waals surface area contributed by atoms with Gasteiger partial charge in [-0.05, 0) is 36.4 Å². The highest BCUT2D eigenvalue weighted by molar-refractivity contribution is 7.18. The molecule has 1 aromatic carbocycles. The Kier molecular flexibility index (Phi) is 4.85. The minimum absolute atomic E-state index is 0.191. The molecule has 3 rings (SSSR count). The molecule has 0 bridgehead atoms. The number of carbonyl (C=O) groups excluding carboxylic acids is 1. The van der Waals surface area contributed by atoms with E-state index in [1.54, 1.807) is 27.6 Å². The van der Waals surface area contributed by atoms with Crippen molar-refractivity contribution < 1.29 is 4.79 Å². The number of benzene rings is 1. The molecule has 22 heavy (non-hydrogen) atoms. The summed E-state index contributed by atoms with van der Waals surface area (Å²) in [5, 5.41) is 3.08. The Morgan fingerprint density at radius 3 is 2.86 bits per heavy atom. The van der Waals surface area contributed by atoms with Gasteiger partial charge in [-0.15, -0.1) is 22.7 Å². The fourth-order valence-electron chi connectivity index (χ4n) is 2.34. The van der Waals surface area contributed by atoms with Crippen molar-refractivity contribution in [3.8, 4) is 0 Å². The zero-order chi connectivity index (χ0) is 15.4. The molecule has 0 atom stereocenters. The molecule has 0 saturated heterocycles. The Bertz CT molecular complexity index is 716. The van der Waals surface area contributed by atoms with Crippen molar-refractivity contribution in [1.82, 2.24) is 9.88 Å². The molecule has 0 fully saturated rings. The molecule has 0 aliphatic carbocycles. The van der Waals surface area contributed by atoms with Crippen molar-refractivity contribution in [3.05, 3.63) is 51.7 Å². The highest BCUT2D eigenvalue weighted by atomic mass is 32.1. The third kappa shape index (κ3) is 3.72. The minimum Gasteiger partial charge on any atom is -0.339 e. The largest absolute Gasteiger partial charge is 0.339 e. The molecule has 0 radical (unpaired) electrons. The Morgan fingerprint density at radius 1 is 1.23 bits per heavy atom. The molecule has 2 heterocycles. The standard InChI is InChI=1S/C17H18N2OS2/c1-19(17(20)10-4-6-13-7-5-11-21-13)12-16-18-14-8-2-3-9-15(14)22-16/h2-3,5,7-9,11H,4,6,10,12H2,1H3. The van der Waals surface area contributed by atoms with E-state index in [9.17, 15) is 4.79 Å². The van der Waals surface area contributed by atoms with Crippen molar-refractivity contribution in [2.45, 2.75) is 25.8 Å². The van der Waals surface area contributed by atoms with Crippen LogP contribution in [-0.4, -0.2) is 22.8 Å². The lowest BCUT2D eigenvalue weighted by Crippen LogP contribution is -2.25. The first-order valence-corrected chi connectivity index (χ1v) is 9.03. The molecule has 114 valence electrons. The second kappa shape index (κ2) is 7.03. The molecule has 0 aliphatic heterocycles. The number of thiophene rings is 1. The lowest BCUT2D eigenvalue weighted by molar-refractivity contribution is -0.130. The quantitative estimate of drug-likeness (QED) is 0.673. The van der Waals surface area contributed by atoms with Crippen molar-refractivity contribution >= 4 is 38.8 Å². The summed E-state index contributed by atoms with van der Waals surface area (Å²) in [4.78, 5) is 19.9. The van der Waals surface area contributed by atoms with Crippen LogP contribution in [-0.2, 0) is 17.8 Å². The number of hydrogen-bond acceptors (Lipinski definition) is 4. The van der Waals surface area contributed by atoms with Crippen LogP contribution in [0.2, 0.25) is 0 Å². The number of hydrogen-bond donors (Lipinski definition) is 0. The summed E-state index contributed by atoms with van der Waals surface area (Å²) < 4.78 is 1.18. The second-order valence-corrected chi connectivity index (χ2v) is 7.41. The topological polar surface area (TPSA) is 33.2 Å². The number of carbonyl (C=O) groups is 1. The lowest BCUT2D eigenvalue weighted by Gasteiger charge is -2.15. The van der Waals surface area contributed by atoms with Gasteiger partial charge in [-0.25, -0.2) is 4.98 Å². The molecular formula is C17H18N2OS2. The summed E-state index contributed by atoms with van der Waals surface area (Å²) in [6.45, 7) is 0.594. The number of thiazole rings is 1. The summed E-state index contributed by atoms with van der Waals surface area (Å²) in [7, 11) is 1.86. The van der Waals surface area contributed by atoms with E-state index in [0.717, 1.165) is 23.4 Å². The van der Waals surface area contributed by atoms with Crippen LogP contribution in [0.4, 0.5) is 0 Å². The summed E-state index contributed by atoms with van der Waals surface area (Å²) in [6.07, 6.45) is 2.49. The second-order valence-electron chi connectivity index (χ2n) is 5.26. The molecule has 0 aliphatic rings. The highest BCUT2D eigenvalue weighted by Gasteiger charge is 2.12. The van der Waals surface area contributed by atoms with Gasteiger partial charge in [0.15, 0.2) is 0 Å². The molecule has 2 aromatic heterocycles. The number of nitrogens with zero attached hydrogens (tertiary/aromatic N) is 2. The Labute approximate surface area is 138 Å². The number of amides is 1. The molecule has 0 unspecified atom stereocenters. The van der Waals surface area contributed by atoms with Gasteiger partial charge in [-0.3, -0.25) is 4.79 Å². The van der Waals surface area contributed by atoms with Crippen molar-refractivity contribution in [1.29, 1.82) is 0 Å². The first-order valence-electron chi connectivity index (χ1n) is 7.33. The van der Waals surface area contributed by atoms with E-state index in [1.165, 1.54) is 9.58 Å². The van der Waals surface area contributed by atoms with Crippen LogP contribution < -0.4 is 0 Å². The van der Waals surface area contributed by atoms with Gasteiger partial charge in [0.05, 0.1) is 16.8 Å². The van der Waals surface area contributed by atoms with Crippen molar-refractivity contribution in [2.75, 3.05) is 7.05 Å². The molecule has 1 amide bonds. The average molecular weight is 330 g/mol. The van der Waals surface area contributed by atoms with E-state index in [2.05, 4.69) is 28.6 Å². The van der Waals surface area contributed by atoms with Crippen LogP contribution in [0.25, 0.3) is 10.2 Å². The van der Waals surface area contributed by atoms with Gasteiger partial charge in [-0.2, -0.15) is 0 Å². The molecule has 0 spiro atoms. The molecule has 0 saturated carbocycles. The molecule has 0 N–H and O–H groups in total. The summed E-state index contributed by atoms with van der Waals surface area (Å²) in [6, 6.07) is 12.3. The SMILES string of the molecule is CN(Cc1nc2ccccc2s1)C(=O)CCCc1cccs1. The van der Waals surface area contributed by atoms with E-state index < -0.39 is 0 Å².